The molecule has 1 aliphatic heterocycles. The van der Waals surface area contributed by atoms with Crippen LogP contribution in [0, 0.1) is 0 Å². The van der Waals surface area contributed by atoms with Crippen LogP contribution in [0.1, 0.15) is 5.56 Å². The highest BCUT2D eigenvalue weighted by molar-refractivity contribution is 8.12. The highest BCUT2D eigenvalue weighted by Gasteiger charge is 1.99. The van der Waals surface area contributed by atoms with Crippen LogP contribution >= 0.6 is 11.8 Å². The smallest absolute Gasteiger partial charge is 0.0604 e. The van der Waals surface area contributed by atoms with Gasteiger partial charge in [0.05, 0.1) is 11.2 Å². The fraction of sp³-hybridized carbons (Fsp3) is 0.100. The van der Waals surface area contributed by atoms with E-state index in [1.54, 1.807) is 11.8 Å². The Morgan fingerprint density at radius 3 is 2.75 bits per heavy atom. The summed E-state index contributed by atoms with van der Waals surface area (Å²) in [6.07, 6.45) is 2.12. The summed E-state index contributed by atoms with van der Waals surface area (Å²) >= 11 is 1.74. The third-order valence-electron chi connectivity index (χ3n) is 1.66. The van der Waals surface area contributed by atoms with E-state index in [0.717, 1.165) is 11.4 Å². The summed E-state index contributed by atoms with van der Waals surface area (Å²) in [5, 5.41) is 0. The summed E-state index contributed by atoms with van der Waals surface area (Å²) in [7, 11) is 0. The molecule has 0 aliphatic carbocycles. The lowest BCUT2D eigenvalue weighted by atomic mass is 10.2. The maximum Gasteiger partial charge on any atom is 0.0604 e. The van der Waals surface area contributed by atoms with Crippen LogP contribution in [-0.4, -0.2) is 11.3 Å². The SMILES string of the molecule is C1=NC(=Cc2ccccc2)CS1. The molecule has 0 radical (unpaired) electrons. The van der Waals surface area contributed by atoms with Crippen LogP contribution in [0.2, 0.25) is 0 Å². The summed E-state index contributed by atoms with van der Waals surface area (Å²) in [5.41, 5.74) is 4.28. The van der Waals surface area contributed by atoms with Crippen molar-refractivity contribution in [3.8, 4) is 0 Å². The molecular formula is C10H9NS. The highest BCUT2D eigenvalue weighted by Crippen LogP contribution is 2.17. The van der Waals surface area contributed by atoms with Crippen LogP contribution < -0.4 is 0 Å². The van der Waals surface area contributed by atoms with Crippen molar-refractivity contribution in [3.05, 3.63) is 41.6 Å². The van der Waals surface area contributed by atoms with Gasteiger partial charge in [0.25, 0.3) is 0 Å². The quantitative estimate of drug-likeness (QED) is 0.639. The lowest BCUT2D eigenvalue weighted by Gasteiger charge is -1.92. The summed E-state index contributed by atoms with van der Waals surface area (Å²) in [4.78, 5) is 4.23. The van der Waals surface area contributed by atoms with Crippen LogP contribution in [0.3, 0.4) is 0 Å². The lowest BCUT2D eigenvalue weighted by molar-refractivity contribution is 1.39. The van der Waals surface area contributed by atoms with Crippen molar-refractivity contribution in [2.45, 2.75) is 0 Å². The number of thioether (sulfide) groups is 1. The first-order valence-electron chi connectivity index (χ1n) is 3.85. The van der Waals surface area contributed by atoms with Crippen LogP contribution in [-0.2, 0) is 0 Å². The Balaban J connectivity index is 2.22. The van der Waals surface area contributed by atoms with Crippen molar-refractivity contribution in [2.24, 2.45) is 4.99 Å². The van der Waals surface area contributed by atoms with Gasteiger partial charge in [-0.05, 0) is 11.6 Å². The van der Waals surface area contributed by atoms with Crippen LogP contribution in [0.25, 0.3) is 6.08 Å². The first kappa shape index (κ1) is 7.62. The zero-order chi connectivity index (χ0) is 8.23. The summed E-state index contributed by atoms with van der Waals surface area (Å²) in [6.45, 7) is 0. The lowest BCUT2D eigenvalue weighted by Crippen LogP contribution is -1.76. The van der Waals surface area contributed by atoms with Crippen LogP contribution in [0.5, 0.6) is 0 Å². The molecule has 0 saturated heterocycles. The molecule has 0 unspecified atom stereocenters. The van der Waals surface area contributed by atoms with E-state index in [-0.39, 0.29) is 0 Å². The second-order valence-corrected chi connectivity index (χ2v) is 3.42. The molecule has 1 heterocycles. The Morgan fingerprint density at radius 2 is 2.08 bits per heavy atom. The van der Waals surface area contributed by atoms with Gasteiger partial charge < -0.3 is 0 Å². The summed E-state index contributed by atoms with van der Waals surface area (Å²) in [6, 6.07) is 10.3. The molecule has 1 aliphatic rings. The van der Waals surface area contributed by atoms with E-state index in [2.05, 4.69) is 23.2 Å². The van der Waals surface area contributed by atoms with Crippen molar-refractivity contribution in [1.29, 1.82) is 0 Å². The number of nitrogens with zero attached hydrogens (tertiary/aromatic N) is 1. The number of rotatable bonds is 1. The predicted octanol–water partition coefficient (Wildman–Crippen LogP) is 2.80. The molecule has 2 heteroatoms. The monoisotopic (exact) mass is 175 g/mol. The van der Waals surface area contributed by atoms with Crippen molar-refractivity contribution in [2.75, 3.05) is 5.75 Å². The second kappa shape index (κ2) is 3.59. The van der Waals surface area contributed by atoms with E-state index in [0.29, 0.717) is 0 Å². The molecule has 0 N–H and O–H groups in total. The van der Waals surface area contributed by atoms with Crippen LogP contribution in [0.15, 0.2) is 41.0 Å². The molecule has 12 heavy (non-hydrogen) atoms. The van der Waals surface area contributed by atoms with Gasteiger partial charge >= 0.3 is 0 Å². The number of hydrogen-bond donors (Lipinski definition) is 0. The van der Waals surface area contributed by atoms with E-state index in [1.165, 1.54) is 5.56 Å². The topological polar surface area (TPSA) is 12.4 Å². The van der Waals surface area contributed by atoms with Gasteiger partial charge in [0.2, 0.25) is 0 Å². The fourth-order valence-corrected chi connectivity index (χ4v) is 1.70. The van der Waals surface area contributed by atoms with E-state index in [4.69, 9.17) is 0 Å². The van der Waals surface area contributed by atoms with E-state index < -0.39 is 0 Å². The molecule has 0 aromatic heterocycles. The molecule has 60 valence electrons. The van der Waals surface area contributed by atoms with E-state index >= 15 is 0 Å². The van der Waals surface area contributed by atoms with Gasteiger partial charge in [-0.2, -0.15) is 0 Å². The standard InChI is InChI=1S/C10H9NS/c1-2-4-9(5-3-1)6-10-7-12-8-11-10/h1-6,8H,7H2. The van der Waals surface area contributed by atoms with Gasteiger partial charge in [-0.25, -0.2) is 0 Å². The molecule has 0 amide bonds. The third-order valence-corrected chi connectivity index (χ3v) is 2.37. The van der Waals surface area contributed by atoms with Crippen molar-refractivity contribution in [1.82, 2.24) is 0 Å². The molecule has 0 bridgehead atoms. The maximum atomic E-state index is 4.23. The predicted molar refractivity (Wildman–Crippen MR) is 55.4 cm³/mol. The number of aliphatic imine (C=N–C) groups is 1. The first-order chi connectivity index (χ1) is 5.95. The van der Waals surface area contributed by atoms with Gasteiger partial charge in [-0.15, -0.1) is 11.8 Å². The van der Waals surface area contributed by atoms with Gasteiger partial charge in [0, 0.05) is 5.75 Å². The Morgan fingerprint density at radius 1 is 1.25 bits per heavy atom. The van der Waals surface area contributed by atoms with E-state index in [1.807, 2.05) is 23.7 Å². The van der Waals surface area contributed by atoms with Gasteiger partial charge in [0.1, 0.15) is 0 Å². The van der Waals surface area contributed by atoms with Crippen LogP contribution in [0.4, 0.5) is 0 Å². The van der Waals surface area contributed by atoms with Gasteiger partial charge in [-0.3, -0.25) is 4.99 Å². The van der Waals surface area contributed by atoms with Crippen molar-refractivity contribution < 1.29 is 0 Å². The molecule has 2 rings (SSSR count). The molecule has 0 saturated carbocycles. The van der Waals surface area contributed by atoms with Gasteiger partial charge in [-0.1, -0.05) is 30.3 Å². The molecule has 1 aromatic carbocycles. The largest absolute Gasteiger partial charge is 0.254 e. The molecule has 0 atom stereocenters. The summed E-state index contributed by atoms with van der Waals surface area (Å²) < 4.78 is 0. The Bertz CT molecular complexity index is 314. The van der Waals surface area contributed by atoms with Gasteiger partial charge in [0.15, 0.2) is 0 Å². The number of benzene rings is 1. The first-order valence-corrected chi connectivity index (χ1v) is 4.90. The maximum absolute atomic E-state index is 4.23. The average Bonchev–Trinajstić information content (AvgIpc) is 2.59. The minimum atomic E-state index is 1.01. The minimum Gasteiger partial charge on any atom is -0.254 e. The van der Waals surface area contributed by atoms with Crippen molar-refractivity contribution >= 4 is 23.4 Å². The zero-order valence-corrected chi connectivity index (χ0v) is 7.42. The fourth-order valence-electron chi connectivity index (χ4n) is 1.09. The number of hydrogen-bond acceptors (Lipinski definition) is 2. The zero-order valence-electron chi connectivity index (χ0n) is 6.60. The Kier molecular flexibility index (Phi) is 2.28. The van der Waals surface area contributed by atoms with Crippen molar-refractivity contribution in [3.63, 3.8) is 0 Å². The average molecular weight is 175 g/mol. The van der Waals surface area contributed by atoms with E-state index in [9.17, 15) is 0 Å². The highest BCUT2D eigenvalue weighted by atomic mass is 32.2. The summed E-state index contributed by atoms with van der Waals surface area (Å²) in [5.74, 6) is 1.01. The Hall–Kier alpha value is -1.02. The molecular weight excluding hydrogens is 166 g/mol. The molecule has 0 fully saturated rings. The Labute approximate surface area is 76.2 Å². The molecule has 0 spiro atoms. The second-order valence-electron chi connectivity index (χ2n) is 2.59. The molecule has 1 aromatic rings. The molecule has 1 nitrogen and oxygen atoms in total. The normalized spacial score (nSPS) is 18.8. The third kappa shape index (κ3) is 1.77. The minimum absolute atomic E-state index is 1.01.